The monoisotopic (exact) mass is 223 g/mol. The molecule has 16 heavy (non-hydrogen) atoms. The molecule has 0 amide bonds. The van der Waals surface area contributed by atoms with Crippen molar-refractivity contribution in [2.75, 3.05) is 6.54 Å². The summed E-state index contributed by atoms with van der Waals surface area (Å²) in [7, 11) is 0. The van der Waals surface area contributed by atoms with E-state index < -0.39 is 0 Å². The molecule has 0 aromatic carbocycles. The molecular weight excluding hydrogens is 202 g/mol. The van der Waals surface area contributed by atoms with Gasteiger partial charge in [-0.2, -0.15) is 4.98 Å². The molecule has 4 nitrogen and oxygen atoms in total. The van der Waals surface area contributed by atoms with Crippen LogP contribution < -0.4 is 5.32 Å². The quantitative estimate of drug-likeness (QED) is 0.802. The van der Waals surface area contributed by atoms with Crippen molar-refractivity contribution in [2.45, 2.75) is 52.0 Å². The number of aryl methyl sites for hydroxylation is 1. The second-order valence-electron chi connectivity index (χ2n) is 4.86. The van der Waals surface area contributed by atoms with Gasteiger partial charge in [-0.05, 0) is 32.2 Å². The number of nitrogens with zero attached hydrogens (tertiary/aromatic N) is 2. The van der Waals surface area contributed by atoms with Crippen molar-refractivity contribution < 1.29 is 4.52 Å². The van der Waals surface area contributed by atoms with Gasteiger partial charge in [0.05, 0.1) is 0 Å². The van der Waals surface area contributed by atoms with Crippen LogP contribution in [0.5, 0.6) is 0 Å². The van der Waals surface area contributed by atoms with E-state index >= 15 is 0 Å². The second kappa shape index (κ2) is 4.95. The van der Waals surface area contributed by atoms with Crippen molar-refractivity contribution in [3.8, 4) is 0 Å². The van der Waals surface area contributed by atoms with Gasteiger partial charge in [0.15, 0.2) is 5.82 Å². The predicted molar refractivity (Wildman–Crippen MR) is 62.3 cm³/mol. The maximum absolute atomic E-state index is 5.25. The smallest absolute Gasteiger partial charge is 0.226 e. The van der Waals surface area contributed by atoms with E-state index in [0.717, 1.165) is 37.0 Å². The molecule has 3 unspecified atom stereocenters. The Morgan fingerprint density at radius 2 is 2.31 bits per heavy atom. The second-order valence-corrected chi connectivity index (χ2v) is 4.86. The predicted octanol–water partition coefficient (Wildman–Crippen LogP) is 2.12. The van der Waals surface area contributed by atoms with Gasteiger partial charge in [0.1, 0.15) is 0 Å². The number of aromatic nitrogens is 2. The SMILES string of the molecule is CCNC(C)CCc1nc(C2CC2C)no1. The summed E-state index contributed by atoms with van der Waals surface area (Å²) in [6.45, 7) is 7.54. The lowest BCUT2D eigenvalue weighted by Gasteiger charge is -2.09. The van der Waals surface area contributed by atoms with Gasteiger partial charge in [-0.3, -0.25) is 0 Å². The third-order valence-corrected chi connectivity index (χ3v) is 3.27. The Labute approximate surface area is 96.8 Å². The summed E-state index contributed by atoms with van der Waals surface area (Å²) in [4.78, 5) is 4.45. The minimum absolute atomic E-state index is 0.514. The molecule has 1 aliphatic carbocycles. The molecule has 90 valence electrons. The molecule has 1 aliphatic rings. The highest BCUT2D eigenvalue weighted by molar-refractivity contribution is 5.07. The minimum atomic E-state index is 0.514. The Balaban J connectivity index is 1.79. The largest absolute Gasteiger partial charge is 0.339 e. The van der Waals surface area contributed by atoms with Crippen molar-refractivity contribution in [3.05, 3.63) is 11.7 Å². The summed E-state index contributed by atoms with van der Waals surface area (Å²) in [5.74, 6) is 3.01. The van der Waals surface area contributed by atoms with Crippen LogP contribution in [0.4, 0.5) is 0 Å². The van der Waals surface area contributed by atoms with Gasteiger partial charge in [-0.1, -0.05) is 19.0 Å². The highest BCUT2D eigenvalue weighted by Crippen LogP contribution is 2.45. The zero-order chi connectivity index (χ0) is 11.5. The topological polar surface area (TPSA) is 51.0 Å². The van der Waals surface area contributed by atoms with E-state index in [0.29, 0.717) is 12.0 Å². The van der Waals surface area contributed by atoms with Crippen molar-refractivity contribution in [1.82, 2.24) is 15.5 Å². The van der Waals surface area contributed by atoms with Crippen molar-refractivity contribution in [2.24, 2.45) is 5.92 Å². The summed E-state index contributed by atoms with van der Waals surface area (Å²) < 4.78 is 5.25. The van der Waals surface area contributed by atoms with Crippen LogP contribution in [0.1, 0.15) is 51.2 Å². The summed E-state index contributed by atoms with van der Waals surface area (Å²) in [5, 5.41) is 7.42. The van der Waals surface area contributed by atoms with E-state index in [2.05, 4.69) is 36.2 Å². The highest BCUT2D eigenvalue weighted by Gasteiger charge is 2.37. The Hall–Kier alpha value is -0.900. The Morgan fingerprint density at radius 1 is 1.56 bits per heavy atom. The zero-order valence-electron chi connectivity index (χ0n) is 10.4. The molecule has 0 aliphatic heterocycles. The van der Waals surface area contributed by atoms with Gasteiger partial charge in [0.25, 0.3) is 0 Å². The van der Waals surface area contributed by atoms with E-state index in [1.807, 2.05) is 0 Å². The lowest BCUT2D eigenvalue weighted by molar-refractivity contribution is 0.363. The van der Waals surface area contributed by atoms with Crippen LogP contribution in [0.3, 0.4) is 0 Å². The maximum Gasteiger partial charge on any atom is 0.226 e. The molecule has 3 atom stereocenters. The fraction of sp³-hybridized carbons (Fsp3) is 0.833. The molecule has 0 saturated heterocycles. The van der Waals surface area contributed by atoms with Crippen molar-refractivity contribution >= 4 is 0 Å². The maximum atomic E-state index is 5.25. The fourth-order valence-electron chi connectivity index (χ4n) is 1.99. The summed E-state index contributed by atoms with van der Waals surface area (Å²) in [5.41, 5.74) is 0. The molecule has 1 heterocycles. The molecule has 0 radical (unpaired) electrons. The number of nitrogens with one attached hydrogen (secondary N) is 1. The Bertz CT molecular complexity index is 337. The summed E-state index contributed by atoms with van der Waals surface area (Å²) >= 11 is 0. The first kappa shape index (κ1) is 11.6. The van der Waals surface area contributed by atoms with Gasteiger partial charge in [-0.25, -0.2) is 0 Å². The number of hydrogen-bond donors (Lipinski definition) is 1. The van der Waals surface area contributed by atoms with Gasteiger partial charge >= 0.3 is 0 Å². The molecule has 1 N–H and O–H groups in total. The lowest BCUT2D eigenvalue weighted by Crippen LogP contribution is -2.25. The van der Waals surface area contributed by atoms with Crippen molar-refractivity contribution in [1.29, 1.82) is 0 Å². The molecule has 1 fully saturated rings. The average molecular weight is 223 g/mol. The summed E-state index contributed by atoms with van der Waals surface area (Å²) in [6.07, 6.45) is 3.14. The van der Waals surface area contributed by atoms with E-state index in [1.54, 1.807) is 0 Å². The third-order valence-electron chi connectivity index (χ3n) is 3.27. The normalized spacial score (nSPS) is 25.7. The molecule has 0 spiro atoms. The van der Waals surface area contributed by atoms with Crippen LogP contribution in [0.15, 0.2) is 4.52 Å². The average Bonchev–Trinajstić information content (AvgIpc) is 2.80. The van der Waals surface area contributed by atoms with E-state index in [9.17, 15) is 0 Å². The molecule has 1 saturated carbocycles. The van der Waals surface area contributed by atoms with Crippen LogP contribution >= 0.6 is 0 Å². The van der Waals surface area contributed by atoms with Gasteiger partial charge in [0.2, 0.25) is 5.89 Å². The van der Waals surface area contributed by atoms with E-state index in [-0.39, 0.29) is 0 Å². The van der Waals surface area contributed by atoms with Gasteiger partial charge in [0, 0.05) is 18.4 Å². The Morgan fingerprint density at radius 3 is 2.94 bits per heavy atom. The van der Waals surface area contributed by atoms with Crippen LogP contribution in [-0.2, 0) is 6.42 Å². The van der Waals surface area contributed by atoms with Crippen LogP contribution in [0.25, 0.3) is 0 Å². The zero-order valence-corrected chi connectivity index (χ0v) is 10.4. The van der Waals surface area contributed by atoms with E-state index in [1.165, 1.54) is 6.42 Å². The van der Waals surface area contributed by atoms with Gasteiger partial charge < -0.3 is 9.84 Å². The third kappa shape index (κ3) is 2.82. The molecule has 1 aromatic heterocycles. The first-order valence-electron chi connectivity index (χ1n) is 6.26. The summed E-state index contributed by atoms with van der Waals surface area (Å²) in [6, 6.07) is 0.514. The molecule has 0 bridgehead atoms. The van der Waals surface area contributed by atoms with E-state index in [4.69, 9.17) is 4.52 Å². The first-order valence-corrected chi connectivity index (χ1v) is 6.26. The molecule has 2 rings (SSSR count). The van der Waals surface area contributed by atoms with Crippen molar-refractivity contribution in [3.63, 3.8) is 0 Å². The number of rotatable bonds is 6. The van der Waals surface area contributed by atoms with Gasteiger partial charge in [-0.15, -0.1) is 0 Å². The lowest BCUT2D eigenvalue weighted by atomic mass is 10.2. The fourth-order valence-corrected chi connectivity index (χ4v) is 1.99. The molecule has 4 heteroatoms. The molecule has 1 aromatic rings. The standard InChI is InChI=1S/C12H21N3O/c1-4-13-9(3)5-6-11-14-12(15-16-11)10-7-8(10)2/h8-10,13H,4-7H2,1-3H3. The first-order chi connectivity index (χ1) is 7.70. The minimum Gasteiger partial charge on any atom is -0.339 e. The van der Waals surface area contributed by atoms with Crippen LogP contribution in [0.2, 0.25) is 0 Å². The Kier molecular flexibility index (Phi) is 3.59. The van der Waals surface area contributed by atoms with Crippen LogP contribution in [-0.4, -0.2) is 22.7 Å². The number of hydrogen-bond acceptors (Lipinski definition) is 4. The highest BCUT2D eigenvalue weighted by atomic mass is 16.5. The molecular formula is C12H21N3O. The van der Waals surface area contributed by atoms with Crippen LogP contribution in [0, 0.1) is 5.92 Å².